The van der Waals surface area contributed by atoms with Gasteiger partial charge in [0.2, 0.25) is 10.0 Å². The van der Waals surface area contributed by atoms with Crippen molar-refractivity contribution in [3.8, 4) is 0 Å². The Labute approximate surface area is 157 Å². The average Bonchev–Trinajstić information content (AvgIpc) is 2.97. The molecule has 1 saturated heterocycles. The second-order valence-electron chi connectivity index (χ2n) is 6.13. The standard InChI is InChI=1S/C18H19ClN2O4S/c1-13-4-2-3-5-14(13)12-26(23,24)20-10-17-11-21(18(22)25-17)16-8-6-15(19)7-9-16/h2-9,17,20H,10-12H2,1H3. The summed E-state index contributed by atoms with van der Waals surface area (Å²) < 4.78 is 32.4. The predicted octanol–water partition coefficient (Wildman–Crippen LogP) is 3.09. The Morgan fingerprint density at radius 2 is 1.88 bits per heavy atom. The smallest absolute Gasteiger partial charge is 0.414 e. The van der Waals surface area contributed by atoms with Crippen LogP contribution in [0.25, 0.3) is 0 Å². The summed E-state index contributed by atoms with van der Waals surface area (Å²) in [6.07, 6.45) is -1.06. The molecule has 1 N–H and O–H groups in total. The number of hydrogen-bond donors (Lipinski definition) is 1. The van der Waals surface area contributed by atoms with E-state index in [0.717, 1.165) is 11.1 Å². The van der Waals surface area contributed by atoms with Crippen molar-refractivity contribution in [2.75, 3.05) is 18.0 Å². The molecular weight excluding hydrogens is 376 g/mol. The van der Waals surface area contributed by atoms with Crippen LogP contribution in [0.1, 0.15) is 11.1 Å². The maximum absolute atomic E-state index is 12.3. The zero-order valence-corrected chi connectivity index (χ0v) is 15.8. The number of rotatable bonds is 6. The fraction of sp³-hybridized carbons (Fsp3) is 0.278. The van der Waals surface area contributed by atoms with Gasteiger partial charge in [-0.15, -0.1) is 0 Å². The monoisotopic (exact) mass is 394 g/mol. The molecule has 0 bridgehead atoms. The maximum Gasteiger partial charge on any atom is 0.414 e. The van der Waals surface area contributed by atoms with Crippen LogP contribution in [-0.2, 0) is 20.5 Å². The van der Waals surface area contributed by atoms with Crippen molar-refractivity contribution in [2.24, 2.45) is 0 Å². The highest BCUT2D eigenvalue weighted by molar-refractivity contribution is 7.88. The molecule has 0 radical (unpaired) electrons. The van der Waals surface area contributed by atoms with Gasteiger partial charge in [-0.25, -0.2) is 17.9 Å². The number of benzene rings is 2. The molecule has 0 spiro atoms. The van der Waals surface area contributed by atoms with Gasteiger partial charge >= 0.3 is 6.09 Å². The van der Waals surface area contributed by atoms with Crippen molar-refractivity contribution in [3.05, 3.63) is 64.7 Å². The van der Waals surface area contributed by atoms with E-state index in [-0.39, 0.29) is 18.8 Å². The van der Waals surface area contributed by atoms with Crippen molar-refractivity contribution in [3.63, 3.8) is 0 Å². The number of nitrogens with zero attached hydrogens (tertiary/aromatic N) is 1. The van der Waals surface area contributed by atoms with Crippen molar-refractivity contribution in [2.45, 2.75) is 18.8 Å². The molecule has 0 aliphatic carbocycles. The summed E-state index contributed by atoms with van der Waals surface area (Å²) in [5.41, 5.74) is 2.31. The Morgan fingerprint density at radius 3 is 2.58 bits per heavy atom. The molecule has 0 saturated carbocycles. The number of carbonyl (C=O) groups excluding carboxylic acids is 1. The molecule has 1 fully saturated rings. The molecule has 6 nitrogen and oxygen atoms in total. The molecular formula is C18H19ClN2O4S. The molecule has 1 aliphatic rings. The molecule has 3 rings (SSSR count). The summed E-state index contributed by atoms with van der Waals surface area (Å²) in [6.45, 7) is 2.17. The molecule has 1 amide bonds. The van der Waals surface area contributed by atoms with E-state index < -0.39 is 22.2 Å². The van der Waals surface area contributed by atoms with E-state index in [2.05, 4.69) is 4.72 Å². The Kier molecular flexibility index (Phi) is 5.50. The van der Waals surface area contributed by atoms with Gasteiger partial charge in [-0.3, -0.25) is 4.90 Å². The minimum atomic E-state index is -3.53. The third kappa shape index (κ3) is 4.55. The summed E-state index contributed by atoms with van der Waals surface area (Å²) in [5, 5.41) is 0.571. The normalized spacial score (nSPS) is 17.4. The first-order valence-electron chi connectivity index (χ1n) is 8.09. The Hall–Kier alpha value is -2.09. The molecule has 8 heteroatoms. The van der Waals surface area contributed by atoms with E-state index >= 15 is 0 Å². The molecule has 1 aliphatic heterocycles. The van der Waals surface area contributed by atoms with Crippen LogP contribution in [0.5, 0.6) is 0 Å². The number of amides is 1. The van der Waals surface area contributed by atoms with E-state index in [0.29, 0.717) is 10.7 Å². The first kappa shape index (κ1) is 18.7. The highest BCUT2D eigenvalue weighted by Crippen LogP contribution is 2.23. The Balaban J connectivity index is 1.59. The van der Waals surface area contributed by atoms with Crippen molar-refractivity contribution < 1.29 is 17.9 Å². The van der Waals surface area contributed by atoms with Gasteiger partial charge in [0.25, 0.3) is 0 Å². The summed E-state index contributed by atoms with van der Waals surface area (Å²) in [4.78, 5) is 13.5. The summed E-state index contributed by atoms with van der Waals surface area (Å²) in [5.74, 6) is -0.110. The van der Waals surface area contributed by atoms with E-state index in [9.17, 15) is 13.2 Å². The number of cyclic esters (lactones) is 1. The van der Waals surface area contributed by atoms with E-state index in [4.69, 9.17) is 16.3 Å². The van der Waals surface area contributed by atoms with E-state index in [1.54, 1.807) is 36.4 Å². The molecule has 1 atom stereocenters. The van der Waals surface area contributed by atoms with Gasteiger partial charge in [-0.1, -0.05) is 35.9 Å². The van der Waals surface area contributed by atoms with Gasteiger partial charge in [0.1, 0.15) is 6.10 Å². The van der Waals surface area contributed by atoms with Gasteiger partial charge in [-0.05, 0) is 42.3 Å². The molecule has 0 aromatic heterocycles. The number of sulfonamides is 1. The van der Waals surface area contributed by atoms with Gasteiger partial charge in [0, 0.05) is 17.3 Å². The van der Waals surface area contributed by atoms with Gasteiger partial charge in [0.15, 0.2) is 0 Å². The minimum absolute atomic E-state index is 0.0318. The fourth-order valence-corrected chi connectivity index (χ4v) is 4.11. The van der Waals surface area contributed by atoms with E-state index in [1.807, 2.05) is 19.1 Å². The van der Waals surface area contributed by atoms with Crippen LogP contribution in [-0.4, -0.2) is 33.7 Å². The quantitative estimate of drug-likeness (QED) is 0.816. The molecule has 2 aromatic rings. The van der Waals surface area contributed by atoms with Crippen LogP contribution in [0.15, 0.2) is 48.5 Å². The number of halogens is 1. The van der Waals surface area contributed by atoms with Gasteiger partial charge < -0.3 is 4.74 Å². The lowest BCUT2D eigenvalue weighted by Crippen LogP contribution is -2.35. The third-order valence-corrected chi connectivity index (χ3v) is 5.70. The second kappa shape index (κ2) is 7.65. The van der Waals surface area contributed by atoms with Crippen LogP contribution in [0.4, 0.5) is 10.5 Å². The molecule has 1 unspecified atom stereocenters. The predicted molar refractivity (Wildman–Crippen MR) is 101 cm³/mol. The first-order valence-corrected chi connectivity index (χ1v) is 10.1. The van der Waals surface area contributed by atoms with E-state index in [1.165, 1.54) is 4.90 Å². The maximum atomic E-state index is 12.3. The highest BCUT2D eigenvalue weighted by Gasteiger charge is 2.33. The van der Waals surface area contributed by atoms with Crippen molar-refractivity contribution >= 4 is 33.4 Å². The zero-order valence-electron chi connectivity index (χ0n) is 14.2. The minimum Gasteiger partial charge on any atom is -0.443 e. The number of carbonyl (C=O) groups is 1. The van der Waals surface area contributed by atoms with Crippen LogP contribution in [0.3, 0.4) is 0 Å². The third-order valence-electron chi connectivity index (χ3n) is 4.15. The largest absolute Gasteiger partial charge is 0.443 e. The Bertz CT molecular complexity index is 900. The van der Waals surface area contributed by atoms with Crippen LogP contribution < -0.4 is 9.62 Å². The lowest BCUT2D eigenvalue weighted by Gasteiger charge is -2.13. The fourth-order valence-electron chi connectivity index (χ4n) is 2.71. The van der Waals surface area contributed by atoms with Gasteiger partial charge in [-0.2, -0.15) is 0 Å². The SMILES string of the molecule is Cc1ccccc1CS(=O)(=O)NCC1CN(c2ccc(Cl)cc2)C(=O)O1. The van der Waals surface area contributed by atoms with Crippen molar-refractivity contribution in [1.29, 1.82) is 0 Å². The van der Waals surface area contributed by atoms with Crippen LogP contribution in [0, 0.1) is 6.92 Å². The topological polar surface area (TPSA) is 75.7 Å². The number of nitrogens with one attached hydrogen (secondary N) is 1. The lowest BCUT2D eigenvalue weighted by molar-refractivity contribution is 0.143. The summed E-state index contributed by atoms with van der Waals surface area (Å²) in [7, 11) is -3.53. The first-order chi connectivity index (χ1) is 12.3. The molecule has 138 valence electrons. The molecule has 2 aromatic carbocycles. The highest BCUT2D eigenvalue weighted by atomic mass is 35.5. The average molecular weight is 395 g/mol. The molecule has 1 heterocycles. The number of hydrogen-bond acceptors (Lipinski definition) is 4. The van der Waals surface area contributed by atoms with Crippen LogP contribution >= 0.6 is 11.6 Å². The summed E-state index contributed by atoms with van der Waals surface area (Å²) in [6, 6.07) is 14.1. The number of aryl methyl sites for hydroxylation is 1. The summed E-state index contributed by atoms with van der Waals surface area (Å²) >= 11 is 5.85. The Morgan fingerprint density at radius 1 is 1.19 bits per heavy atom. The zero-order chi connectivity index (χ0) is 18.7. The second-order valence-corrected chi connectivity index (χ2v) is 8.37. The van der Waals surface area contributed by atoms with Crippen LogP contribution in [0.2, 0.25) is 5.02 Å². The number of anilines is 1. The lowest BCUT2D eigenvalue weighted by atomic mass is 10.1. The number of ether oxygens (including phenoxy) is 1. The molecule has 26 heavy (non-hydrogen) atoms. The van der Waals surface area contributed by atoms with Crippen molar-refractivity contribution in [1.82, 2.24) is 4.72 Å². The van der Waals surface area contributed by atoms with Gasteiger partial charge in [0.05, 0.1) is 12.3 Å².